The van der Waals surface area contributed by atoms with Gasteiger partial charge in [-0.2, -0.15) is 5.10 Å². The summed E-state index contributed by atoms with van der Waals surface area (Å²) in [5.41, 5.74) is 1.14. The number of ether oxygens (including phenoxy) is 1. The quantitative estimate of drug-likeness (QED) is 0.793. The SMILES string of the molecule is Cn1cc([C@@H]2CCCN2C(=O)[C@H]2CCCO2)cn1. The van der Waals surface area contributed by atoms with Crippen LogP contribution in [0.3, 0.4) is 0 Å². The minimum Gasteiger partial charge on any atom is -0.368 e. The molecule has 1 amide bonds. The summed E-state index contributed by atoms with van der Waals surface area (Å²) in [6, 6.07) is 0.190. The van der Waals surface area contributed by atoms with Crippen molar-refractivity contribution in [1.29, 1.82) is 0 Å². The molecule has 2 saturated heterocycles. The molecule has 5 heteroatoms. The first-order valence-corrected chi connectivity index (χ1v) is 6.66. The normalized spacial score (nSPS) is 27.9. The van der Waals surface area contributed by atoms with Crippen molar-refractivity contribution < 1.29 is 9.53 Å². The van der Waals surface area contributed by atoms with Crippen molar-refractivity contribution >= 4 is 5.91 Å². The maximum Gasteiger partial charge on any atom is 0.252 e. The van der Waals surface area contributed by atoms with E-state index in [0.29, 0.717) is 0 Å². The molecule has 0 N–H and O–H groups in total. The van der Waals surface area contributed by atoms with E-state index in [1.165, 1.54) is 0 Å². The molecule has 0 saturated carbocycles. The third-order valence-electron chi connectivity index (χ3n) is 3.85. The number of carbonyl (C=O) groups excluding carboxylic acids is 1. The van der Waals surface area contributed by atoms with Gasteiger partial charge < -0.3 is 9.64 Å². The highest BCUT2D eigenvalue weighted by Gasteiger charge is 2.36. The minimum absolute atomic E-state index is 0.166. The molecule has 2 fully saturated rings. The molecule has 5 nitrogen and oxygen atoms in total. The predicted molar refractivity (Wildman–Crippen MR) is 65.9 cm³/mol. The molecular weight excluding hydrogens is 230 g/mol. The van der Waals surface area contributed by atoms with E-state index in [1.54, 1.807) is 4.68 Å². The van der Waals surface area contributed by atoms with Gasteiger partial charge in [-0.05, 0) is 25.7 Å². The highest BCUT2D eigenvalue weighted by Crippen LogP contribution is 2.33. The summed E-state index contributed by atoms with van der Waals surface area (Å²) < 4.78 is 7.30. The second-order valence-corrected chi connectivity index (χ2v) is 5.14. The monoisotopic (exact) mass is 249 g/mol. The van der Waals surface area contributed by atoms with Crippen molar-refractivity contribution in [2.45, 2.75) is 37.8 Å². The number of rotatable bonds is 2. The minimum atomic E-state index is -0.206. The van der Waals surface area contributed by atoms with E-state index >= 15 is 0 Å². The third-order valence-corrected chi connectivity index (χ3v) is 3.85. The van der Waals surface area contributed by atoms with E-state index in [1.807, 2.05) is 24.3 Å². The number of amides is 1. The largest absolute Gasteiger partial charge is 0.368 e. The molecule has 3 rings (SSSR count). The van der Waals surface area contributed by atoms with Gasteiger partial charge in [0.05, 0.1) is 12.2 Å². The molecule has 2 atom stereocenters. The van der Waals surface area contributed by atoms with Gasteiger partial charge in [0.15, 0.2) is 0 Å². The van der Waals surface area contributed by atoms with Gasteiger partial charge in [-0.3, -0.25) is 9.48 Å². The fourth-order valence-electron chi connectivity index (χ4n) is 2.95. The number of hydrogen-bond donors (Lipinski definition) is 0. The Kier molecular flexibility index (Phi) is 3.07. The molecule has 2 aliphatic rings. The lowest BCUT2D eigenvalue weighted by Gasteiger charge is -2.26. The summed E-state index contributed by atoms with van der Waals surface area (Å²) in [5.74, 6) is 0.166. The van der Waals surface area contributed by atoms with Crippen LogP contribution in [0, 0.1) is 0 Å². The zero-order valence-electron chi connectivity index (χ0n) is 10.7. The van der Waals surface area contributed by atoms with Crippen LogP contribution in [0.4, 0.5) is 0 Å². The molecule has 0 bridgehead atoms. The number of likely N-dealkylation sites (tertiary alicyclic amines) is 1. The maximum absolute atomic E-state index is 12.4. The predicted octanol–water partition coefficient (Wildman–Crippen LogP) is 1.26. The Balaban J connectivity index is 1.76. The molecule has 0 unspecified atom stereocenters. The maximum atomic E-state index is 12.4. The van der Waals surface area contributed by atoms with Crippen molar-refractivity contribution in [2.24, 2.45) is 7.05 Å². The fraction of sp³-hybridized carbons (Fsp3) is 0.692. The van der Waals surface area contributed by atoms with Crippen LogP contribution >= 0.6 is 0 Å². The summed E-state index contributed by atoms with van der Waals surface area (Å²) in [6.07, 6.45) is 7.64. The van der Waals surface area contributed by atoms with Crippen LogP contribution in [0.5, 0.6) is 0 Å². The topological polar surface area (TPSA) is 47.4 Å². The molecular formula is C13H19N3O2. The van der Waals surface area contributed by atoms with Gasteiger partial charge in [0.25, 0.3) is 5.91 Å². The number of hydrogen-bond acceptors (Lipinski definition) is 3. The molecule has 2 aliphatic heterocycles. The van der Waals surface area contributed by atoms with E-state index in [0.717, 1.165) is 44.4 Å². The number of aromatic nitrogens is 2. The van der Waals surface area contributed by atoms with E-state index in [9.17, 15) is 4.79 Å². The first-order valence-electron chi connectivity index (χ1n) is 6.66. The van der Waals surface area contributed by atoms with E-state index in [2.05, 4.69) is 5.10 Å². The molecule has 1 aromatic heterocycles. The van der Waals surface area contributed by atoms with Crippen LogP contribution in [-0.2, 0) is 16.6 Å². The highest BCUT2D eigenvalue weighted by molar-refractivity contribution is 5.81. The molecule has 98 valence electrons. The Morgan fingerprint density at radius 1 is 1.44 bits per heavy atom. The molecule has 3 heterocycles. The Labute approximate surface area is 107 Å². The summed E-state index contributed by atoms with van der Waals surface area (Å²) in [5, 5.41) is 4.20. The van der Waals surface area contributed by atoms with Crippen molar-refractivity contribution in [1.82, 2.24) is 14.7 Å². The van der Waals surface area contributed by atoms with Crippen molar-refractivity contribution in [3.63, 3.8) is 0 Å². The molecule has 0 aromatic carbocycles. The lowest BCUT2D eigenvalue weighted by Crippen LogP contribution is -2.38. The number of carbonyl (C=O) groups is 1. The van der Waals surface area contributed by atoms with Crippen LogP contribution < -0.4 is 0 Å². The molecule has 0 spiro atoms. The van der Waals surface area contributed by atoms with Crippen LogP contribution in [0.15, 0.2) is 12.4 Å². The second-order valence-electron chi connectivity index (χ2n) is 5.14. The van der Waals surface area contributed by atoms with Gasteiger partial charge in [0, 0.05) is 32.0 Å². The van der Waals surface area contributed by atoms with Gasteiger partial charge >= 0.3 is 0 Å². The highest BCUT2D eigenvalue weighted by atomic mass is 16.5. The summed E-state index contributed by atoms with van der Waals surface area (Å²) in [6.45, 7) is 1.57. The zero-order valence-corrected chi connectivity index (χ0v) is 10.7. The Hall–Kier alpha value is -1.36. The standard InChI is InChI=1S/C13H19N3O2/c1-15-9-10(8-14-15)11-4-2-6-16(11)13(17)12-5-3-7-18-12/h8-9,11-12H,2-7H2,1H3/t11-,12+/m0/s1. The summed E-state index contributed by atoms with van der Waals surface area (Å²) >= 11 is 0. The van der Waals surface area contributed by atoms with Crippen molar-refractivity contribution in [3.8, 4) is 0 Å². The van der Waals surface area contributed by atoms with Gasteiger partial charge in [-0.25, -0.2) is 0 Å². The van der Waals surface area contributed by atoms with E-state index < -0.39 is 0 Å². The Morgan fingerprint density at radius 3 is 3.00 bits per heavy atom. The Bertz CT molecular complexity index is 437. The van der Waals surface area contributed by atoms with Crippen LogP contribution in [0.2, 0.25) is 0 Å². The van der Waals surface area contributed by atoms with Crippen molar-refractivity contribution in [2.75, 3.05) is 13.2 Å². The molecule has 0 aliphatic carbocycles. The van der Waals surface area contributed by atoms with Gasteiger partial charge in [-0.1, -0.05) is 0 Å². The first kappa shape index (κ1) is 11.7. The second kappa shape index (κ2) is 4.72. The number of nitrogens with zero attached hydrogens (tertiary/aromatic N) is 3. The van der Waals surface area contributed by atoms with E-state index in [-0.39, 0.29) is 18.1 Å². The average Bonchev–Trinajstić information content (AvgIpc) is 3.09. The molecule has 0 radical (unpaired) electrons. The summed E-state index contributed by atoms with van der Waals surface area (Å²) in [4.78, 5) is 14.4. The van der Waals surface area contributed by atoms with Gasteiger partial charge in [-0.15, -0.1) is 0 Å². The van der Waals surface area contributed by atoms with Crippen molar-refractivity contribution in [3.05, 3.63) is 18.0 Å². The van der Waals surface area contributed by atoms with Crippen LogP contribution in [-0.4, -0.2) is 39.8 Å². The number of aryl methyl sites for hydroxylation is 1. The smallest absolute Gasteiger partial charge is 0.252 e. The fourth-order valence-corrected chi connectivity index (χ4v) is 2.95. The lowest BCUT2D eigenvalue weighted by molar-refractivity contribution is -0.141. The first-order chi connectivity index (χ1) is 8.75. The average molecular weight is 249 g/mol. The summed E-state index contributed by atoms with van der Waals surface area (Å²) in [7, 11) is 1.91. The van der Waals surface area contributed by atoms with Crippen LogP contribution in [0.1, 0.15) is 37.3 Å². The zero-order chi connectivity index (χ0) is 12.5. The van der Waals surface area contributed by atoms with Gasteiger partial charge in [0.1, 0.15) is 6.10 Å². The van der Waals surface area contributed by atoms with Gasteiger partial charge in [0.2, 0.25) is 0 Å². The molecule has 1 aromatic rings. The molecule has 18 heavy (non-hydrogen) atoms. The Morgan fingerprint density at radius 2 is 2.33 bits per heavy atom. The third kappa shape index (κ3) is 2.03. The lowest BCUT2D eigenvalue weighted by atomic mass is 10.1. The van der Waals surface area contributed by atoms with Crippen LogP contribution in [0.25, 0.3) is 0 Å². The van der Waals surface area contributed by atoms with E-state index in [4.69, 9.17) is 4.74 Å².